The quantitative estimate of drug-likeness (QED) is 0.0430. The van der Waals surface area contributed by atoms with E-state index in [4.69, 9.17) is 81.2 Å². The summed E-state index contributed by atoms with van der Waals surface area (Å²) in [5.41, 5.74) is 1.82. The maximum Gasteiger partial charge on any atom is 0.258 e. The van der Waals surface area contributed by atoms with Crippen molar-refractivity contribution in [3.63, 3.8) is 0 Å². The lowest BCUT2D eigenvalue weighted by Crippen LogP contribution is -2.32. The number of carbonyl (C=O) groups is 6. The van der Waals surface area contributed by atoms with Gasteiger partial charge >= 0.3 is 0 Å². The first-order valence-corrected chi connectivity index (χ1v) is 21.0. The number of anilines is 4. The molecule has 63 heavy (non-hydrogen) atoms. The molecule has 324 valence electrons. The number of hydrogen-bond acceptors (Lipinski definition) is 10. The molecule has 4 N–H and O–H groups in total. The summed E-state index contributed by atoms with van der Waals surface area (Å²) in [5.74, 6) is -4.03. The zero-order valence-electron chi connectivity index (χ0n) is 32.6. The number of nitrogens with zero attached hydrogens (tertiary/aromatic N) is 4. The van der Waals surface area contributed by atoms with E-state index in [2.05, 4.69) is 41.7 Å². The number of alkyl halides is 1. The average molecular weight is 992 g/mol. The minimum Gasteiger partial charge on any atom is -0.324 e. The third-order valence-corrected chi connectivity index (χ3v) is 10.2. The maximum absolute atomic E-state index is 13.4. The molecule has 0 saturated carbocycles. The molecule has 0 saturated heterocycles. The largest absolute Gasteiger partial charge is 0.324 e. The summed E-state index contributed by atoms with van der Waals surface area (Å²) in [6.45, 7) is 2.29. The predicted molar refractivity (Wildman–Crippen MR) is 248 cm³/mol. The van der Waals surface area contributed by atoms with Gasteiger partial charge in [-0.15, -0.1) is 11.6 Å². The fourth-order valence-electron chi connectivity index (χ4n) is 5.51. The first-order valence-electron chi connectivity index (χ1n) is 18.2. The van der Waals surface area contributed by atoms with Crippen molar-refractivity contribution < 1.29 is 28.8 Å². The van der Waals surface area contributed by atoms with Crippen molar-refractivity contribution in [3.05, 3.63) is 138 Å². The summed E-state index contributed by atoms with van der Waals surface area (Å²) in [4.78, 5) is 78.0. The van der Waals surface area contributed by atoms with Gasteiger partial charge in [0.2, 0.25) is 12.1 Å². The van der Waals surface area contributed by atoms with Crippen LogP contribution in [0.2, 0.25) is 30.1 Å². The number of halogens is 7. The first-order chi connectivity index (χ1) is 29.9. The number of azo groups is 2. The van der Waals surface area contributed by atoms with Crippen LogP contribution in [0.25, 0.3) is 0 Å². The van der Waals surface area contributed by atoms with Gasteiger partial charge in [-0.25, -0.2) is 0 Å². The van der Waals surface area contributed by atoms with E-state index < -0.39 is 47.3 Å². The molecule has 4 amide bonds. The number of nitrogens with one attached hydrogen (secondary N) is 4. The Morgan fingerprint density at radius 3 is 1.35 bits per heavy atom. The minimum atomic E-state index is -1.64. The van der Waals surface area contributed by atoms with Gasteiger partial charge in [0.1, 0.15) is 11.4 Å². The molecule has 5 aromatic carbocycles. The van der Waals surface area contributed by atoms with E-state index in [1.54, 1.807) is 0 Å². The summed E-state index contributed by atoms with van der Waals surface area (Å²) in [6, 6.07) is 18.5. The van der Waals surface area contributed by atoms with E-state index in [1.165, 1.54) is 91.0 Å². The molecule has 0 aromatic heterocycles. The maximum atomic E-state index is 13.4. The van der Waals surface area contributed by atoms with Gasteiger partial charge in [0.25, 0.3) is 23.6 Å². The van der Waals surface area contributed by atoms with Gasteiger partial charge < -0.3 is 21.3 Å². The van der Waals surface area contributed by atoms with Crippen molar-refractivity contribution >= 4 is 151 Å². The van der Waals surface area contributed by atoms with Crippen LogP contribution in [-0.4, -0.2) is 53.2 Å². The monoisotopic (exact) mass is 988 g/mol. The summed E-state index contributed by atoms with van der Waals surface area (Å²) in [5, 5.41) is 27.9. The highest BCUT2D eigenvalue weighted by Gasteiger charge is 2.26. The molecule has 14 nitrogen and oxygen atoms in total. The number of benzene rings is 5. The lowest BCUT2D eigenvalue weighted by atomic mass is 10.1. The van der Waals surface area contributed by atoms with Crippen LogP contribution in [0.5, 0.6) is 0 Å². The van der Waals surface area contributed by atoms with Crippen molar-refractivity contribution in [3.8, 4) is 0 Å². The average Bonchev–Trinajstić information content (AvgIpc) is 3.19. The van der Waals surface area contributed by atoms with Gasteiger partial charge in [0, 0.05) is 59.8 Å². The number of rotatable bonds is 16. The third kappa shape index (κ3) is 13.8. The molecule has 0 radical (unpaired) electrons. The van der Waals surface area contributed by atoms with E-state index in [1.807, 2.05) is 0 Å². The number of amides is 4. The smallest absolute Gasteiger partial charge is 0.258 e. The van der Waals surface area contributed by atoms with Crippen LogP contribution in [0.4, 0.5) is 34.1 Å². The number of ketones is 2. The SMILES string of the molecule is CC(=O)C(N=Nc1cc(C(=O)Nc2cc(Cl)cc(Cl)c2)ccc1Cl)C(=O)Nc1ccc(NC(=O)C(N=Nc2cc(C(=O)Nc3cc(Cl)cc(Cl)c3)ccc2Cl)C(C)=O)c(CCCl)c1. The van der Waals surface area contributed by atoms with Crippen LogP contribution in [0.1, 0.15) is 40.1 Å². The van der Waals surface area contributed by atoms with Gasteiger partial charge in [-0.2, -0.15) is 20.5 Å². The zero-order valence-corrected chi connectivity index (χ0v) is 37.9. The molecule has 0 bridgehead atoms. The Bertz CT molecular complexity index is 2660. The minimum absolute atomic E-state index is 0.000402. The van der Waals surface area contributed by atoms with Crippen molar-refractivity contribution in [2.75, 3.05) is 27.1 Å². The fourth-order valence-corrected chi connectivity index (χ4v) is 7.08. The van der Waals surface area contributed by atoms with E-state index in [-0.39, 0.29) is 56.2 Å². The number of aryl methyl sites for hydroxylation is 1. The van der Waals surface area contributed by atoms with Crippen LogP contribution in [-0.2, 0) is 25.6 Å². The lowest BCUT2D eigenvalue weighted by Gasteiger charge is -2.15. The molecule has 0 aliphatic rings. The molecule has 0 fully saturated rings. The summed E-state index contributed by atoms with van der Waals surface area (Å²) in [6.07, 6.45) is 0.196. The predicted octanol–water partition coefficient (Wildman–Crippen LogP) is 12.3. The van der Waals surface area contributed by atoms with E-state index >= 15 is 0 Å². The molecule has 2 atom stereocenters. The van der Waals surface area contributed by atoms with Crippen LogP contribution in [0.3, 0.4) is 0 Å². The number of carbonyl (C=O) groups excluding carboxylic acids is 6. The van der Waals surface area contributed by atoms with Crippen molar-refractivity contribution in [1.82, 2.24) is 0 Å². The second-order valence-electron chi connectivity index (χ2n) is 13.3. The Hall–Kier alpha value is -5.45. The molecule has 2 unspecified atom stereocenters. The number of hydrogen-bond donors (Lipinski definition) is 4. The van der Waals surface area contributed by atoms with Crippen LogP contribution < -0.4 is 21.3 Å². The van der Waals surface area contributed by atoms with Crippen LogP contribution >= 0.6 is 81.2 Å². The topological polar surface area (TPSA) is 200 Å². The number of Topliss-reactive ketones (excluding diaryl/α,β-unsaturated/α-hetero) is 2. The fraction of sp³-hybridized carbons (Fsp3) is 0.143. The summed E-state index contributed by atoms with van der Waals surface area (Å²) >= 11 is 42.8. The highest BCUT2D eigenvalue weighted by Crippen LogP contribution is 2.31. The van der Waals surface area contributed by atoms with Crippen LogP contribution in [0, 0.1) is 0 Å². The van der Waals surface area contributed by atoms with Gasteiger partial charge in [-0.1, -0.05) is 69.6 Å². The molecule has 5 rings (SSSR count). The molecule has 0 aliphatic heterocycles. The van der Waals surface area contributed by atoms with E-state index in [0.717, 1.165) is 13.8 Å². The van der Waals surface area contributed by atoms with Crippen molar-refractivity contribution in [2.45, 2.75) is 32.4 Å². The molecule has 21 heteroatoms. The Balaban J connectivity index is 1.28. The summed E-state index contributed by atoms with van der Waals surface area (Å²) in [7, 11) is 0. The Morgan fingerprint density at radius 1 is 0.508 bits per heavy atom. The normalized spacial score (nSPS) is 12.1. The molecular formula is C42H31Cl7N8O6. The Kier molecular flexibility index (Phi) is 17.2. The van der Waals surface area contributed by atoms with Gasteiger partial charge in [0.15, 0.2) is 11.6 Å². The van der Waals surface area contributed by atoms with E-state index in [9.17, 15) is 28.8 Å². The van der Waals surface area contributed by atoms with Crippen molar-refractivity contribution in [2.24, 2.45) is 20.5 Å². The highest BCUT2D eigenvalue weighted by atomic mass is 35.5. The van der Waals surface area contributed by atoms with Crippen LogP contribution in [0.15, 0.2) is 111 Å². The van der Waals surface area contributed by atoms with Gasteiger partial charge in [0.05, 0.1) is 10.0 Å². The second-order valence-corrected chi connectivity index (χ2v) is 16.2. The van der Waals surface area contributed by atoms with Crippen molar-refractivity contribution in [1.29, 1.82) is 0 Å². The molecule has 5 aromatic rings. The Morgan fingerprint density at radius 2 is 0.937 bits per heavy atom. The zero-order chi connectivity index (χ0) is 46.0. The summed E-state index contributed by atoms with van der Waals surface area (Å²) < 4.78 is 0. The van der Waals surface area contributed by atoms with E-state index in [0.29, 0.717) is 37.0 Å². The standard InChI is InChI=1S/C42H31Cl7N8O6/c1-20(58)37(56-54-35-12-23(3-6-32(35)48)39(60)51-30-16-25(44)14-26(45)17-30)41(62)50-29-5-8-34(22(11-29)9-10-43)53-42(63)38(21(2)59)57-55-36-13-24(4-7-33(36)49)40(61)52-31-18-27(46)15-28(47)19-31/h3-8,11-19,37-38H,9-10H2,1-2H3,(H,50,62)(H,51,60)(H,52,61)(H,53,63). The van der Waals surface area contributed by atoms with Gasteiger partial charge in [-0.05, 0) is 117 Å². The lowest BCUT2D eigenvalue weighted by molar-refractivity contribution is -0.127. The Labute approximate surface area is 394 Å². The second kappa shape index (κ2) is 22.3. The molecular weight excluding hydrogens is 961 g/mol. The first kappa shape index (κ1) is 48.6. The highest BCUT2D eigenvalue weighted by molar-refractivity contribution is 6.36. The van der Waals surface area contributed by atoms with Gasteiger partial charge in [-0.3, -0.25) is 28.8 Å². The molecule has 0 heterocycles. The third-order valence-electron chi connectivity index (χ3n) is 8.48. The molecule has 0 spiro atoms. The molecule has 0 aliphatic carbocycles.